The van der Waals surface area contributed by atoms with E-state index in [2.05, 4.69) is 18.8 Å². The summed E-state index contributed by atoms with van der Waals surface area (Å²) in [5.41, 5.74) is 1.08. The normalized spacial score (nSPS) is 18.3. The van der Waals surface area contributed by atoms with Crippen molar-refractivity contribution in [3.63, 3.8) is 0 Å². The number of piperidine rings is 1. The van der Waals surface area contributed by atoms with Gasteiger partial charge >= 0.3 is 0 Å². The van der Waals surface area contributed by atoms with Crippen LogP contribution >= 0.6 is 0 Å². The number of nitrogens with one attached hydrogen (secondary N) is 1. The van der Waals surface area contributed by atoms with Crippen LogP contribution in [0.4, 0.5) is 0 Å². The van der Waals surface area contributed by atoms with Gasteiger partial charge in [-0.2, -0.15) is 4.31 Å². The second kappa shape index (κ2) is 7.20. The highest BCUT2D eigenvalue weighted by molar-refractivity contribution is 7.89. The summed E-state index contributed by atoms with van der Waals surface area (Å²) in [5.74, 6) is 0. The molecule has 0 aliphatic carbocycles. The first-order valence-electron chi connectivity index (χ1n) is 7.50. The Bertz CT molecular complexity index is 560. The Labute approximate surface area is 127 Å². The topological polar surface area (TPSA) is 49.4 Å². The quantitative estimate of drug-likeness (QED) is 0.822. The average molecular weight is 308 g/mol. The molecule has 0 amide bonds. The summed E-state index contributed by atoms with van der Waals surface area (Å²) >= 11 is 0. The van der Waals surface area contributed by atoms with Crippen LogP contribution < -0.4 is 5.32 Å². The maximum Gasteiger partial charge on any atom is 0.243 e. The van der Waals surface area contributed by atoms with E-state index in [0.29, 0.717) is 18.0 Å². The molecule has 0 spiro atoms. The lowest BCUT2D eigenvalue weighted by atomic mass is 10.1. The molecule has 1 saturated heterocycles. The molecule has 0 saturated carbocycles. The van der Waals surface area contributed by atoms with Crippen molar-refractivity contribution in [3.8, 4) is 0 Å². The van der Waals surface area contributed by atoms with Crippen molar-refractivity contribution in [2.75, 3.05) is 19.6 Å². The molecular weight excluding hydrogens is 284 g/mol. The lowest BCUT2D eigenvalue weighted by Crippen LogP contribution is -2.35. The number of nitrogens with zero attached hydrogens (tertiary/aromatic N) is 1. The fourth-order valence-corrected chi connectivity index (χ4v) is 4.08. The molecule has 0 aromatic heterocycles. The van der Waals surface area contributed by atoms with Crippen molar-refractivity contribution in [2.45, 2.75) is 37.1 Å². The molecule has 1 aromatic rings. The van der Waals surface area contributed by atoms with E-state index in [1.807, 2.05) is 18.2 Å². The number of rotatable bonds is 6. The average Bonchev–Trinajstić information content (AvgIpc) is 2.53. The van der Waals surface area contributed by atoms with Crippen LogP contribution in [0.1, 0.15) is 37.8 Å². The molecule has 0 radical (unpaired) electrons. The minimum atomic E-state index is -3.32. The molecule has 21 heavy (non-hydrogen) atoms. The van der Waals surface area contributed by atoms with E-state index in [4.69, 9.17) is 0 Å². The van der Waals surface area contributed by atoms with Crippen molar-refractivity contribution in [1.82, 2.24) is 9.62 Å². The summed E-state index contributed by atoms with van der Waals surface area (Å²) in [4.78, 5) is 0.393. The second-order valence-corrected chi connectivity index (χ2v) is 7.39. The zero-order valence-corrected chi connectivity index (χ0v) is 13.4. The third-order valence-corrected chi connectivity index (χ3v) is 5.81. The van der Waals surface area contributed by atoms with Gasteiger partial charge in [-0.15, -0.1) is 6.58 Å². The number of hydrogen-bond acceptors (Lipinski definition) is 3. The van der Waals surface area contributed by atoms with E-state index >= 15 is 0 Å². The molecule has 5 heteroatoms. The molecule has 1 fully saturated rings. The first kappa shape index (κ1) is 16.2. The first-order chi connectivity index (χ1) is 10.1. The van der Waals surface area contributed by atoms with Gasteiger partial charge in [0.25, 0.3) is 0 Å². The largest absolute Gasteiger partial charge is 0.307 e. The van der Waals surface area contributed by atoms with Crippen LogP contribution in [0.3, 0.4) is 0 Å². The summed E-state index contributed by atoms with van der Waals surface area (Å²) in [6.07, 6.45) is 4.85. The minimum absolute atomic E-state index is 0.176. The van der Waals surface area contributed by atoms with Crippen LogP contribution in [0.25, 0.3) is 0 Å². The highest BCUT2D eigenvalue weighted by Crippen LogP contribution is 2.22. The Balaban J connectivity index is 2.12. The standard InChI is InChI=1S/C16H24N2O2S/c1-3-11-17-14(2)15-7-9-16(10-8-15)21(19,20)18-12-5-4-6-13-18/h3,7-10,14,17H,1,4-6,11-13H2,2H3. The Morgan fingerprint density at radius 2 is 1.86 bits per heavy atom. The minimum Gasteiger partial charge on any atom is -0.307 e. The van der Waals surface area contributed by atoms with E-state index in [1.165, 1.54) is 0 Å². The van der Waals surface area contributed by atoms with Gasteiger partial charge in [0.15, 0.2) is 0 Å². The SMILES string of the molecule is C=CCNC(C)c1ccc(S(=O)(=O)N2CCCCC2)cc1. The van der Waals surface area contributed by atoms with E-state index in [0.717, 1.165) is 31.4 Å². The fourth-order valence-electron chi connectivity index (χ4n) is 2.56. The Morgan fingerprint density at radius 1 is 1.24 bits per heavy atom. The number of hydrogen-bond donors (Lipinski definition) is 1. The Hall–Kier alpha value is -1.17. The van der Waals surface area contributed by atoms with Crippen molar-refractivity contribution < 1.29 is 8.42 Å². The molecular formula is C16H24N2O2S. The number of benzene rings is 1. The van der Waals surface area contributed by atoms with Gasteiger partial charge in [-0.25, -0.2) is 8.42 Å². The highest BCUT2D eigenvalue weighted by Gasteiger charge is 2.25. The van der Waals surface area contributed by atoms with Gasteiger partial charge in [0.1, 0.15) is 0 Å². The third kappa shape index (κ3) is 3.93. The number of sulfonamides is 1. The van der Waals surface area contributed by atoms with Gasteiger partial charge in [-0.1, -0.05) is 24.6 Å². The van der Waals surface area contributed by atoms with Gasteiger partial charge < -0.3 is 5.32 Å². The molecule has 116 valence electrons. The van der Waals surface area contributed by atoms with Gasteiger partial charge in [-0.05, 0) is 37.5 Å². The van der Waals surface area contributed by atoms with Crippen LogP contribution in [0.5, 0.6) is 0 Å². The maximum absolute atomic E-state index is 12.5. The van der Waals surface area contributed by atoms with Crippen LogP contribution in [-0.2, 0) is 10.0 Å². The van der Waals surface area contributed by atoms with Crippen LogP contribution in [-0.4, -0.2) is 32.4 Å². The van der Waals surface area contributed by atoms with Gasteiger partial charge in [0.05, 0.1) is 4.90 Å². The Morgan fingerprint density at radius 3 is 2.43 bits per heavy atom. The monoisotopic (exact) mass is 308 g/mol. The van der Waals surface area contributed by atoms with E-state index in [1.54, 1.807) is 16.4 Å². The molecule has 1 aliphatic heterocycles. The van der Waals surface area contributed by atoms with Gasteiger partial charge in [0, 0.05) is 25.7 Å². The predicted octanol–water partition coefficient (Wildman–Crippen LogP) is 2.70. The van der Waals surface area contributed by atoms with Gasteiger partial charge in [-0.3, -0.25) is 0 Å². The molecule has 1 aliphatic rings. The third-order valence-electron chi connectivity index (χ3n) is 3.90. The highest BCUT2D eigenvalue weighted by atomic mass is 32.2. The molecule has 1 aromatic carbocycles. The van der Waals surface area contributed by atoms with E-state index in [9.17, 15) is 8.42 Å². The zero-order valence-electron chi connectivity index (χ0n) is 12.6. The molecule has 1 atom stereocenters. The molecule has 0 bridgehead atoms. The summed E-state index contributed by atoms with van der Waals surface area (Å²) in [7, 11) is -3.32. The fraction of sp³-hybridized carbons (Fsp3) is 0.500. The van der Waals surface area contributed by atoms with Crippen molar-refractivity contribution in [2.24, 2.45) is 0 Å². The van der Waals surface area contributed by atoms with E-state index in [-0.39, 0.29) is 6.04 Å². The van der Waals surface area contributed by atoms with Crippen LogP contribution in [0.15, 0.2) is 41.8 Å². The maximum atomic E-state index is 12.5. The molecule has 4 nitrogen and oxygen atoms in total. The molecule has 1 heterocycles. The second-order valence-electron chi connectivity index (χ2n) is 5.45. The molecule has 1 N–H and O–H groups in total. The summed E-state index contributed by atoms with van der Waals surface area (Å²) in [5, 5.41) is 3.29. The van der Waals surface area contributed by atoms with Crippen molar-refractivity contribution >= 4 is 10.0 Å². The van der Waals surface area contributed by atoms with Crippen LogP contribution in [0.2, 0.25) is 0 Å². The van der Waals surface area contributed by atoms with Crippen LogP contribution in [0, 0.1) is 0 Å². The predicted molar refractivity (Wildman–Crippen MR) is 85.7 cm³/mol. The zero-order chi connectivity index (χ0) is 15.3. The molecule has 1 unspecified atom stereocenters. The summed E-state index contributed by atoms with van der Waals surface area (Å²) in [6.45, 7) is 7.74. The van der Waals surface area contributed by atoms with Gasteiger partial charge in [0.2, 0.25) is 10.0 Å². The van der Waals surface area contributed by atoms with E-state index < -0.39 is 10.0 Å². The van der Waals surface area contributed by atoms with Crippen molar-refractivity contribution in [3.05, 3.63) is 42.5 Å². The summed E-state index contributed by atoms with van der Waals surface area (Å²) < 4.78 is 26.7. The molecule has 2 rings (SSSR count). The lowest BCUT2D eigenvalue weighted by molar-refractivity contribution is 0.346. The first-order valence-corrected chi connectivity index (χ1v) is 8.94. The lowest BCUT2D eigenvalue weighted by Gasteiger charge is -2.26. The summed E-state index contributed by atoms with van der Waals surface area (Å²) in [6, 6.07) is 7.38. The smallest absolute Gasteiger partial charge is 0.243 e. The Kier molecular flexibility index (Phi) is 5.56. The van der Waals surface area contributed by atoms with Crippen molar-refractivity contribution in [1.29, 1.82) is 0 Å².